The molecular weight excluding hydrogens is 265 g/mol. The number of benzene rings is 1. The number of hydrogen-bond donors (Lipinski definition) is 0. The third-order valence-electron chi connectivity index (χ3n) is 2.26. The quantitative estimate of drug-likeness (QED) is 0.729. The molecule has 0 saturated carbocycles. The molecule has 4 heteroatoms. The summed E-state index contributed by atoms with van der Waals surface area (Å²) in [6, 6.07) is 5.55. The van der Waals surface area contributed by atoms with Crippen molar-refractivity contribution in [3.05, 3.63) is 33.4 Å². The summed E-state index contributed by atoms with van der Waals surface area (Å²) in [6.07, 6.45) is 0.831. The van der Waals surface area contributed by atoms with Gasteiger partial charge in [-0.15, -0.1) is 0 Å². The van der Waals surface area contributed by atoms with Gasteiger partial charge < -0.3 is 4.57 Å². The number of hydrogen-bond acceptors (Lipinski definition) is 1. The molecule has 1 aromatic carbocycles. The monoisotopic (exact) mass is 271 g/mol. The van der Waals surface area contributed by atoms with Crippen LogP contribution in [0.3, 0.4) is 0 Å². The minimum absolute atomic E-state index is 0.627. The minimum Gasteiger partial charge on any atom is -0.340 e. The maximum absolute atomic E-state index is 10.8. The Morgan fingerprint density at radius 2 is 2.21 bits per heavy atom. The first-order valence-corrected chi connectivity index (χ1v) is 5.21. The lowest BCUT2D eigenvalue weighted by Crippen LogP contribution is -1.93. The summed E-state index contributed by atoms with van der Waals surface area (Å²) in [6.45, 7) is 0. The van der Waals surface area contributed by atoms with Gasteiger partial charge in [-0.25, -0.2) is 0 Å². The van der Waals surface area contributed by atoms with E-state index in [1.165, 1.54) is 0 Å². The molecule has 0 N–H and O–H groups in total. The number of fused-ring (bicyclic) bond motifs is 1. The molecule has 0 amide bonds. The Morgan fingerprint density at radius 1 is 1.50 bits per heavy atom. The molecule has 0 fully saturated rings. The Labute approximate surface area is 94.6 Å². The Morgan fingerprint density at radius 3 is 2.86 bits per heavy atom. The molecular formula is C10H7BrClNO. The lowest BCUT2D eigenvalue weighted by atomic mass is 10.2. The SMILES string of the molecule is Cn1c(C=O)c(Br)c2ccc(Cl)cc21. The molecule has 0 saturated heterocycles. The van der Waals surface area contributed by atoms with Crippen molar-refractivity contribution in [1.82, 2.24) is 4.57 Å². The van der Waals surface area contributed by atoms with Crippen molar-refractivity contribution in [2.45, 2.75) is 0 Å². The van der Waals surface area contributed by atoms with Crippen LogP contribution in [0.1, 0.15) is 10.5 Å². The second-order valence-corrected chi connectivity index (χ2v) is 4.27. The fourth-order valence-electron chi connectivity index (χ4n) is 1.51. The van der Waals surface area contributed by atoms with Crippen molar-refractivity contribution in [1.29, 1.82) is 0 Å². The average Bonchev–Trinajstić information content (AvgIpc) is 2.39. The molecule has 2 aromatic rings. The molecule has 0 bridgehead atoms. The summed E-state index contributed by atoms with van der Waals surface area (Å²) in [5, 5.41) is 1.67. The maximum Gasteiger partial charge on any atom is 0.167 e. The van der Waals surface area contributed by atoms with Gasteiger partial charge in [-0.2, -0.15) is 0 Å². The van der Waals surface area contributed by atoms with Crippen LogP contribution in [0.4, 0.5) is 0 Å². The van der Waals surface area contributed by atoms with Crippen molar-refractivity contribution in [3.8, 4) is 0 Å². The summed E-state index contributed by atoms with van der Waals surface area (Å²) in [7, 11) is 1.84. The second kappa shape index (κ2) is 3.41. The third-order valence-corrected chi connectivity index (χ3v) is 3.32. The Kier molecular flexibility index (Phi) is 2.37. The standard InChI is InChI=1S/C10H7BrClNO/c1-13-8-4-6(12)2-3-7(8)10(11)9(13)5-14/h2-5H,1H3. The first-order valence-electron chi connectivity index (χ1n) is 4.03. The Balaban J connectivity index is 2.94. The zero-order valence-electron chi connectivity index (χ0n) is 7.42. The van der Waals surface area contributed by atoms with E-state index in [2.05, 4.69) is 15.9 Å². The van der Waals surface area contributed by atoms with E-state index >= 15 is 0 Å². The van der Waals surface area contributed by atoms with Gasteiger partial charge in [-0.3, -0.25) is 4.79 Å². The first-order chi connectivity index (χ1) is 6.65. The topological polar surface area (TPSA) is 22.0 Å². The fraction of sp³-hybridized carbons (Fsp3) is 0.100. The van der Waals surface area contributed by atoms with E-state index in [1.807, 2.05) is 29.8 Å². The molecule has 0 atom stereocenters. The predicted octanol–water partition coefficient (Wildman–Crippen LogP) is 3.41. The normalized spacial score (nSPS) is 10.8. The highest BCUT2D eigenvalue weighted by molar-refractivity contribution is 9.10. The van der Waals surface area contributed by atoms with Crippen molar-refractivity contribution in [2.75, 3.05) is 0 Å². The molecule has 0 spiro atoms. The van der Waals surface area contributed by atoms with Gasteiger partial charge in [0.1, 0.15) is 0 Å². The van der Waals surface area contributed by atoms with Crippen LogP contribution >= 0.6 is 27.5 Å². The van der Waals surface area contributed by atoms with Crippen LogP contribution in [0.5, 0.6) is 0 Å². The Bertz CT molecular complexity index is 518. The Hall–Kier alpha value is -0.800. The molecule has 0 unspecified atom stereocenters. The van der Waals surface area contributed by atoms with Crippen molar-refractivity contribution < 1.29 is 4.79 Å². The summed E-state index contributed by atoms with van der Waals surface area (Å²) in [5.41, 5.74) is 1.58. The molecule has 0 aliphatic carbocycles. The summed E-state index contributed by atoms with van der Waals surface area (Å²) in [4.78, 5) is 10.8. The molecule has 1 aromatic heterocycles. The predicted molar refractivity (Wildman–Crippen MR) is 61.0 cm³/mol. The molecule has 2 rings (SSSR count). The number of aldehydes is 1. The van der Waals surface area contributed by atoms with Crippen molar-refractivity contribution in [2.24, 2.45) is 7.05 Å². The van der Waals surface area contributed by atoms with Gasteiger partial charge in [0.05, 0.1) is 15.7 Å². The highest BCUT2D eigenvalue weighted by Gasteiger charge is 2.11. The van der Waals surface area contributed by atoms with E-state index in [-0.39, 0.29) is 0 Å². The number of halogens is 2. The molecule has 0 aliphatic heterocycles. The molecule has 2 nitrogen and oxygen atoms in total. The van der Waals surface area contributed by atoms with Gasteiger partial charge >= 0.3 is 0 Å². The van der Waals surface area contributed by atoms with Gasteiger partial charge in [-0.1, -0.05) is 17.7 Å². The highest BCUT2D eigenvalue weighted by Crippen LogP contribution is 2.30. The smallest absolute Gasteiger partial charge is 0.167 e. The van der Waals surface area contributed by atoms with Crippen LogP contribution in [0, 0.1) is 0 Å². The first kappa shape index (κ1) is 9.74. The van der Waals surface area contributed by atoms with E-state index in [4.69, 9.17) is 11.6 Å². The van der Waals surface area contributed by atoms with Gasteiger partial charge in [-0.05, 0) is 28.1 Å². The lowest BCUT2D eigenvalue weighted by molar-refractivity contribution is 0.111. The molecule has 0 aliphatic rings. The highest BCUT2D eigenvalue weighted by atomic mass is 79.9. The zero-order valence-corrected chi connectivity index (χ0v) is 9.76. The van der Waals surface area contributed by atoms with Crippen LogP contribution in [0.2, 0.25) is 5.02 Å². The fourth-order valence-corrected chi connectivity index (χ4v) is 2.37. The van der Waals surface area contributed by atoms with Crippen LogP contribution < -0.4 is 0 Å². The third kappa shape index (κ3) is 1.28. The van der Waals surface area contributed by atoms with E-state index in [1.54, 1.807) is 0 Å². The van der Waals surface area contributed by atoms with E-state index in [0.717, 1.165) is 21.7 Å². The van der Waals surface area contributed by atoms with Crippen molar-refractivity contribution in [3.63, 3.8) is 0 Å². The lowest BCUT2D eigenvalue weighted by Gasteiger charge is -1.97. The molecule has 1 heterocycles. The average molecular weight is 273 g/mol. The number of carbonyl (C=O) groups excluding carboxylic acids is 1. The van der Waals surface area contributed by atoms with Crippen LogP contribution in [0.25, 0.3) is 10.9 Å². The molecule has 14 heavy (non-hydrogen) atoms. The van der Waals surface area contributed by atoms with Gasteiger partial charge in [0.2, 0.25) is 0 Å². The van der Waals surface area contributed by atoms with E-state index in [9.17, 15) is 4.79 Å². The van der Waals surface area contributed by atoms with Crippen molar-refractivity contribution >= 4 is 44.7 Å². The second-order valence-electron chi connectivity index (χ2n) is 3.04. The maximum atomic E-state index is 10.8. The summed E-state index contributed by atoms with van der Waals surface area (Å²) in [5.74, 6) is 0. The number of carbonyl (C=O) groups is 1. The van der Waals surface area contributed by atoms with E-state index < -0.39 is 0 Å². The summed E-state index contributed by atoms with van der Waals surface area (Å²) < 4.78 is 2.64. The molecule has 72 valence electrons. The van der Waals surface area contributed by atoms with Crippen LogP contribution in [0.15, 0.2) is 22.7 Å². The number of aromatic nitrogens is 1. The number of aryl methyl sites for hydroxylation is 1. The van der Waals surface area contributed by atoms with E-state index in [0.29, 0.717) is 10.7 Å². The van der Waals surface area contributed by atoms with Gasteiger partial charge in [0.15, 0.2) is 6.29 Å². The zero-order chi connectivity index (χ0) is 10.3. The summed E-state index contributed by atoms with van der Waals surface area (Å²) >= 11 is 9.27. The largest absolute Gasteiger partial charge is 0.340 e. The van der Waals surface area contributed by atoms with Crippen LogP contribution in [-0.2, 0) is 7.05 Å². The number of rotatable bonds is 1. The number of nitrogens with zero attached hydrogens (tertiary/aromatic N) is 1. The van der Waals surface area contributed by atoms with Gasteiger partial charge in [0.25, 0.3) is 0 Å². The minimum atomic E-state index is 0.627. The van der Waals surface area contributed by atoms with Crippen LogP contribution in [-0.4, -0.2) is 10.9 Å². The van der Waals surface area contributed by atoms with Gasteiger partial charge in [0, 0.05) is 17.5 Å². The molecule has 0 radical (unpaired) electrons.